The highest BCUT2D eigenvalue weighted by Crippen LogP contribution is 2.34. The van der Waals surface area contributed by atoms with E-state index in [-0.39, 0.29) is 6.61 Å². The summed E-state index contributed by atoms with van der Waals surface area (Å²) in [5.74, 6) is 0.949. The van der Waals surface area contributed by atoms with Gasteiger partial charge in [0.05, 0.1) is 10.7 Å². The Morgan fingerprint density at radius 1 is 1.28 bits per heavy atom. The second-order valence-corrected chi connectivity index (χ2v) is 8.24. The maximum Gasteiger partial charge on any atom is 0.187 e. The lowest BCUT2D eigenvalue weighted by Crippen LogP contribution is -2.17. The lowest BCUT2D eigenvalue weighted by atomic mass is 10.1. The van der Waals surface area contributed by atoms with Crippen molar-refractivity contribution in [2.45, 2.75) is 19.8 Å². The predicted octanol–water partition coefficient (Wildman–Crippen LogP) is 4.67. The van der Waals surface area contributed by atoms with Gasteiger partial charge in [-0.3, -0.25) is 0 Å². The van der Waals surface area contributed by atoms with Crippen molar-refractivity contribution in [1.82, 2.24) is 10.3 Å². The Balaban J connectivity index is 1.53. The van der Waals surface area contributed by atoms with Gasteiger partial charge in [-0.05, 0) is 54.7 Å². The molecule has 29 heavy (non-hydrogen) atoms. The molecule has 1 aliphatic heterocycles. The van der Waals surface area contributed by atoms with E-state index in [9.17, 15) is 0 Å². The van der Waals surface area contributed by atoms with Gasteiger partial charge < -0.3 is 20.6 Å². The second-order valence-electron chi connectivity index (χ2n) is 7.21. The summed E-state index contributed by atoms with van der Waals surface area (Å²) in [5.41, 5.74) is 5.76. The van der Waals surface area contributed by atoms with Crippen LogP contribution in [0.25, 0.3) is 10.4 Å². The van der Waals surface area contributed by atoms with E-state index in [0.29, 0.717) is 0 Å². The van der Waals surface area contributed by atoms with E-state index in [1.54, 1.807) is 11.3 Å². The van der Waals surface area contributed by atoms with E-state index < -0.39 is 0 Å². The smallest absolute Gasteiger partial charge is 0.187 e. The van der Waals surface area contributed by atoms with Gasteiger partial charge in [0.2, 0.25) is 0 Å². The highest BCUT2D eigenvalue weighted by atomic mass is 32.1. The van der Waals surface area contributed by atoms with E-state index in [0.717, 1.165) is 58.7 Å². The Hall–Kier alpha value is -2.83. The number of thiazole rings is 1. The van der Waals surface area contributed by atoms with Crippen LogP contribution in [0.4, 0.5) is 16.5 Å². The largest absolute Gasteiger partial charge is 0.396 e. The highest BCUT2D eigenvalue weighted by molar-refractivity contribution is 7.18. The Morgan fingerprint density at radius 2 is 2.17 bits per heavy atom. The summed E-state index contributed by atoms with van der Waals surface area (Å²) >= 11 is 1.65. The van der Waals surface area contributed by atoms with Crippen molar-refractivity contribution in [3.63, 3.8) is 0 Å². The third-order valence-electron chi connectivity index (χ3n) is 5.11. The van der Waals surface area contributed by atoms with Crippen molar-refractivity contribution < 1.29 is 5.11 Å². The number of nitrogens with zero attached hydrogens (tertiary/aromatic N) is 2. The molecule has 1 fully saturated rings. The van der Waals surface area contributed by atoms with Crippen LogP contribution in [0.3, 0.4) is 0 Å². The van der Waals surface area contributed by atoms with Crippen LogP contribution in [0.5, 0.6) is 0 Å². The van der Waals surface area contributed by atoms with Crippen LogP contribution in [0.2, 0.25) is 0 Å². The van der Waals surface area contributed by atoms with Crippen LogP contribution in [-0.2, 0) is 6.42 Å². The summed E-state index contributed by atoms with van der Waals surface area (Å²) in [5, 5.41) is 16.7. The van der Waals surface area contributed by atoms with Crippen molar-refractivity contribution >= 4 is 27.8 Å². The molecule has 1 aliphatic rings. The summed E-state index contributed by atoms with van der Waals surface area (Å²) in [6.45, 7) is 8.24. The van der Waals surface area contributed by atoms with Crippen LogP contribution in [-0.4, -0.2) is 29.8 Å². The fourth-order valence-electron chi connectivity index (χ4n) is 3.48. The molecular weight excluding hydrogens is 380 g/mol. The SMILES string of the molecule is C=C1NCCN1c1cccc(-c2cnc(Nc3cc(CCCO)ccc3C)s2)c1. The molecule has 4 rings (SSSR count). The van der Waals surface area contributed by atoms with E-state index >= 15 is 0 Å². The molecule has 0 atom stereocenters. The van der Waals surface area contributed by atoms with Gasteiger partial charge in [-0.15, -0.1) is 0 Å². The van der Waals surface area contributed by atoms with E-state index in [1.807, 2.05) is 6.20 Å². The molecule has 0 unspecified atom stereocenters. The second kappa shape index (κ2) is 8.68. The van der Waals surface area contributed by atoms with Crippen LogP contribution in [0.1, 0.15) is 17.5 Å². The molecule has 3 N–H and O–H groups in total. The average molecular weight is 407 g/mol. The number of aromatic nitrogens is 1. The summed E-state index contributed by atoms with van der Waals surface area (Å²) in [4.78, 5) is 7.91. The van der Waals surface area contributed by atoms with Gasteiger partial charge in [-0.1, -0.05) is 42.2 Å². The van der Waals surface area contributed by atoms with Crippen molar-refractivity contribution in [3.05, 3.63) is 72.2 Å². The number of aliphatic hydroxyl groups excluding tert-OH is 1. The number of nitrogens with one attached hydrogen (secondary N) is 2. The normalized spacial score (nSPS) is 13.6. The first-order chi connectivity index (χ1) is 14.1. The maximum atomic E-state index is 9.07. The predicted molar refractivity (Wildman–Crippen MR) is 122 cm³/mol. The Labute approximate surface area is 175 Å². The Kier molecular flexibility index (Phi) is 5.83. The van der Waals surface area contributed by atoms with Crippen molar-refractivity contribution in [2.75, 3.05) is 29.9 Å². The number of benzene rings is 2. The molecule has 0 saturated carbocycles. The zero-order valence-corrected chi connectivity index (χ0v) is 17.4. The summed E-state index contributed by atoms with van der Waals surface area (Å²) in [6.07, 6.45) is 3.57. The maximum absolute atomic E-state index is 9.07. The molecule has 0 aliphatic carbocycles. The minimum Gasteiger partial charge on any atom is -0.396 e. The molecule has 5 nitrogen and oxygen atoms in total. The Bertz CT molecular complexity index is 1010. The van der Waals surface area contributed by atoms with E-state index in [1.165, 1.54) is 11.1 Å². The molecule has 2 aromatic carbocycles. The summed E-state index contributed by atoms with van der Waals surface area (Å²) in [6, 6.07) is 14.9. The standard InChI is InChI=1S/C23H26N4OS/c1-16-8-9-18(5-4-12-28)13-21(16)26-23-25-15-22(29-23)19-6-3-7-20(14-19)27-11-10-24-17(27)2/h3,6-9,13-15,24,28H,2,4-5,10-12H2,1H3,(H,25,26). The minimum atomic E-state index is 0.215. The van der Waals surface area contributed by atoms with Gasteiger partial charge in [0.15, 0.2) is 5.13 Å². The van der Waals surface area contributed by atoms with Crippen LogP contribution in [0, 0.1) is 6.92 Å². The van der Waals surface area contributed by atoms with E-state index in [4.69, 9.17) is 5.11 Å². The zero-order chi connectivity index (χ0) is 20.2. The highest BCUT2D eigenvalue weighted by Gasteiger charge is 2.16. The molecule has 2 heterocycles. The lowest BCUT2D eigenvalue weighted by Gasteiger charge is -2.18. The Morgan fingerprint density at radius 3 is 2.97 bits per heavy atom. The number of aliphatic hydroxyl groups is 1. The third-order valence-corrected chi connectivity index (χ3v) is 6.07. The number of hydrogen-bond donors (Lipinski definition) is 3. The topological polar surface area (TPSA) is 60.4 Å². The fourth-order valence-corrected chi connectivity index (χ4v) is 4.30. The molecule has 150 valence electrons. The number of anilines is 3. The monoisotopic (exact) mass is 406 g/mol. The van der Waals surface area contributed by atoms with Gasteiger partial charge in [0, 0.05) is 37.3 Å². The zero-order valence-electron chi connectivity index (χ0n) is 16.6. The molecule has 0 radical (unpaired) electrons. The van der Waals surface area contributed by atoms with Gasteiger partial charge in [-0.2, -0.15) is 0 Å². The van der Waals surface area contributed by atoms with Crippen LogP contribution >= 0.6 is 11.3 Å². The average Bonchev–Trinajstić information content (AvgIpc) is 3.38. The molecule has 1 saturated heterocycles. The van der Waals surface area contributed by atoms with Crippen molar-refractivity contribution in [1.29, 1.82) is 0 Å². The van der Waals surface area contributed by atoms with Crippen molar-refractivity contribution in [2.24, 2.45) is 0 Å². The number of rotatable bonds is 7. The third kappa shape index (κ3) is 4.44. The molecule has 0 amide bonds. The van der Waals surface area contributed by atoms with Crippen molar-refractivity contribution in [3.8, 4) is 10.4 Å². The van der Waals surface area contributed by atoms with Gasteiger partial charge in [-0.25, -0.2) is 4.98 Å². The molecule has 0 bridgehead atoms. The molecule has 1 aromatic heterocycles. The first kappa shape index (κ1) is 19.5. The summed E-state index contributed by atoms with van der Waals surface area (Å²) < 4.78 is 0. The van der Waals surface area contributed by atoms with Crippen LogP contribution < -0.4 is 15.5 Å². The van der Waals surface area contributed by atoms with Crippen LogP contribution in [0.15, 0.2) is 61.1 Å². The van der Waals surface area contributed by atoms with E-state index in [2.05, 4.69) is 76.5 Å². The number of aryl methyl sites for hydroxylation is 2. The molecular formula is C23H26N4OS. The summed E-state index contributed by atoms with van der Waals surface area (Å²) in [7, 11) is 0. The molecule has 0 spiro atoms. The number of hydrogen-bond acceptors (Lipinski definition) is 6. The lowest BCUT2D eigenvalue weighted by molar-refractivity contribution is 0.288. The van der Waals surface area contributed by atoms with Gasteiger partial charge in [0.1, 0.15) is 0 Å². The first-order valence-corrected chi connectivity index (χ1v) is 10.7. The minimum absolute atomic E-state index is 0.215. The van der Waals surface area contributed by atoms with Gasteiger partial charge in [0.25, 0.3) is 0 Å². The quantitative estimate of drug-likeness (QED) is 0.532. The first-order valence-electron chi connectivity index (χ1n) is 9.88. The molecule has 3 aromatic rings. The molecule has 6 heteroatoms. The van der Waals surface area contributed by atoms with Gasteiger partial charge >= 0.3 is 0 Å². The fraction of sp³-hybridized carbons (Fsp3) is 0.261.